The average molecular weight is 296 g/mol. The lowest BCUT2D eigenvalue weighted by molar-refractivity contribution is -0.204. The predicted octanol–water partition coefficient (Wildman–Crippen LogP) is 2.94. The van der Waals surface area contributed by atoms with Crippen LogP contribution >= 0.6 is 0 Å². The first-order valence-corrected chi connectivity index (χ1v) is 5.49. The minimum Gasteiger partial charge on any atom is -0.508 e. The van der Waals surface area contributed by atoms with Crippen molar-refractivity contribution < 1.29 is 37.3 Å². The number of alkyl halides is 4. The maximum absolute atomic E-state index is 12.9. The number of benzene rings is 1. The molecule has 0 aliphatic carbocycles. The van der Waals surface area contributed by atoms with Crippen LogP contribution in [0.4, 0.5) is 17.6 Å². The molecule has 112 valence electrons. The topological polar surface area (TPSA) is 66.8 Å². The molecule has 0 saturated heterocycles. The molecule has 0 unspecified atom stereocenters. The van der Waals surface area contributed by atoms with Gasteiger partial charge in [-0.25, -0.2) is 13.6 Å². The van der Waals surface area contributed by atoms with Crippen LogP contribution in [0.2, 0.25) is 0 Å². The standard InChI is InChI=1S/C12H12F4O4/c1-11(13,14)12(15,16)2-3-20-10(19)7-4-8(17)6-9(18)5-7/h4-6,17-18H,2-3H2,1H3. The SMILES string of the molecule is CC(F)(F)C(F)(F)CCOC(=O)c1cc(O)cc(O)c1. The third-order valence-corrected chi connectivity index (χ3v) is 2.43. The Hall–Kier alpha value is -1.99. The third-order valence-electron chi connectivity index (χ3n) is 2.43. The molecule has 0 radical (unpaired) electrons. The molecule has 0 heterocycles. The van der Waals surface area contributed by atoms with E-state index in [4.69, 9.17) is 10.2 Å². The lowest BCUT2D eigenvalue weighted by Crippen LogP contribution is -2.38. The highest BCUT2D eigenvalue weighted by molar-refractivity contribution is 5.90. The lowest BCUT2D eigenvalue weighted by Gasteiger charge is -2.22. The van der Waals surface area contributed by atoms with Gasteiger partial charge in [0.15, 0.2) is 0 Å². The number of phenolic OH excluding ortho intramolecular Hbond substituents is 2. The molecule has 20 heavy (non-hydrogen) atoms. The Bertz CT molecular complexity index is 476. The van der Waals surface area contributed by atoms with Gasteiger partial charge in [0.2, 0.25) is 0 Å². The molecule has 2 N–H and O–H groups in total. The fourth-order valence-corrected chi connectivity index (χ4v) is 1.29. The van der Waals surface area contributed by atoms with Crippen LogP contribution in [0, 0.1) is 0 Å². The van der Waals surface area contributed by atoms with E-state index in [-0.39, 0.29) is 12.5 Å². The number of ether oxygens (including phenoxy) is 1. The molecule has 0 aliphatic rings. The molecular weight excluding hydrogens is 284 g/mol. The summed E-state index contributed by atoms with van der Waals surface area (Å²) in [5.74, 6) is -10.5. The number of phenols is 2. The Labute approximate surface area is 111 Å². The summed E-state index contributed by atoms with van der Waals surface area (Å²) in [4.78, 5) is 11.4. The molecule has 8 heteroatoms. The Morgan fingerprint density at radius 1 is 1.15 bits per heavy atom. The quantitative estimate of drug-likeness (QED) is 0.647. The van der Waals surface area contributed by atoms with Gasteiger partial charge in [0.05, 0.1) is 18.6 Å². The molecule has 1 aromatic carbocycles. The van der Waals surface area contributed by atoms with Crippen molar-refractivity contribution in [3.05, 3.63) is 23.8 Å². The monoisotopic (exact) mass is 296 g/mol. The number of halogens is 4. The van der Waals surface area contributed by atoms with Gasteiger partial charge in [-0.2, -0.15) is 8.78 Å². The second-order valence-electron chi connectivity index (χ2n) is 4.22. The number of hydrogen-bond donors (Lipinski definition) is 2. The largest absolute Gasteiger partial charge is 0.508 e. The van der Waals surface area contributed by atoms with Crippen molar-refractivity contribution in [2.75, 3.05) is 6.61 Å². The Morgan fingerprint density at radius 2 is 1.65 bits per heavy atom. The number of esters is 1. The van der Waals surface area contributed by atoms with E-state index >= 15 is 0 Å². The number of carbonyl (C=O) groups excluding carboxylic acids is 1. The van der Waals surface area contributed by atoms with Crippen molar-refractivity contribution in [2.24, 2.45) is 0 Å². The van der Waals surface area contributed by atoms with Gasteiger partial charge < -0.3 is 14.9 Å². The predicted molar refractivity (Wildman–Crippen MR) is 60.2 cm³/mol. The van der Waals surface area contributed by atoms with E-state index in [9.17, 15) is 22.4 Å². The highest BCUT2D eigenvalue weighted by Crippen LogP contribution is 2.36. The minimum atomic E-state index is -4.30. The van der Waals surface area contributed by atoms with Crippen LogP contribution in [-0.2, 0) is 4.74 Å². The van der Waals surface area contributed by atoms with Gasteiger partial charge >= 0.3 is 17.8 Å². The summed E-state index contributed by atoms with van der Waals surface area (Å²) in [5, 5.41) is 18.2. The molecule has 0 saturated carbocycles. The summed E-state index contributed by atoms with van der Waals surface area (Å²) in [7, 11) is 0. The molecule has 4 nitrogen and oxygen atoms in total. The van der Waals surface area contributed by atoms with Gasteiger partial charge in [-0.1, -0.05) is 0 Å². The second-order valence-corrected chi connectivity index (χ2v) is 4.22. The van der Waals surface area contributed by atoms with E-state index in [1.165, 1.54) is 0 Å². The Balaban J connectivity index is 2.60. The summed E-state index contributed by atoms with van der Waals surface area (Å²) in [6, 6.07) is 2.83. The van der Waals surface area contributed by atoms with Gasteiger partial charge in [0.1, 0.15) is 11.5 Å². The summed E-state index contributed by atoms with van der Waals surface area (Å²) < 4.78 is 55.2. The van der Waals surface area contributed by atoms with Crippen LogP contribution < -0.4 is 0 Å². The first-order valence-electron chi connectivity index (χ1n) is 5.49. The van der Waals surface area contributed by atoms with Crippen molar-refractivity contribution in [2.45, 2.75) is 25.2 Å². The smallest absolute Gasteiger partial charge is 0.338 e. The number of rotatable bonds is 5. The number of hydrogen-bond acceptors (Lipinski definition) is 4. The van der Waals surface area contributed by atoms with E-state index in [1.54, 1.807) is 0 Å². The maximum atomic E-state index is 12.9. The normalized spacial score (nSPS) is 12.2. The summed E-state index contributed by atoms with van der Waals surface area (Å²) in [6.45, 7) is -0.853. The van der Waals surface area contributed by atoms with Gasteiger partial charge in [-0.3, -0.25) is 0 Å². The summed E-state index contributed by atoms with van der Waals surface area (Å²) >= 11 is 0. The van der Waals surface area contributed by atoms with Crippen molar-refractivity contribution in [1.82, 2.24) is 0 Å². The summed E-state index contributed by atoms with van der Waals surface area (Å²) in [6.07, 6.45) is -1.34. The van der Waals surface area contributed by atoms with Crippen LogP contribution in [0.15, 0.2) is 18.2 Å². The molecule has 1 aromatic rings. The second kappa shape index (κ2) is 5.56. The molecule has 0 aliphatic heterocycles. The van der Waals surface area contributed by atoms with E-state index in [2.05, 4.69) is 4.74 Å². The van der Waals surface area contributed by atoms with Gasteiger partial charge in [-0.15, -0.1) is 0 Å². The fourth-order valence-electron chi connectivity index (χ4n) is 1.29. The van der Waals surface area contributed by atoms with Crippen molar-refractivity contribution in [1.29, 1.82) is 0 Å². The van der Waals surface area contributed by atoms with Crippen LogP contribution in [0.25, 0.3) is 0 Å². The van der Waals surface area contributed by atoms with E-state index in [0.29, 0.717) is 0 Å². The van der Waals surface area contributed by atoms with E-state index in [1.807, 2.05) is 0 Å². The first-order chi connectivity index (χ1) is 9.03. The first kappa shape index (κ1) is 16.1. The zero-order valence-corrected chi connectivity index (χ0v) is 10.4. The van der Waals surface area contributed by atoms with Crippen LogP contribution in [0.1, 0.15) is 23.7 Å². The molecule has 0 amide bonds. The van der Waals surface area contributed by atoms with Crippen molar-refractivity contribution in [3.63, 3.8) is 0 Å². The Kier molecular flexibility index (Phi) is 4.46. The van der Waals surface area contributed by atoms with Crippen LogP contribution in [0.3, 0.4) is 0 Å². The van der Waals surface area contributed by atoms with Gasteiger partial charge in [0, 0.05) is 13.0 Å². The molecule has 0 aromatic heterocycles. The van der Waals surface area contributed by atoms with Crippen molar-refractivity contribution >= 4 is 5.97 Å². The van der Waals surface area contributed by atoms with Gasteiger partial charge in [0.25, 0.3) is 0 Å². The zero-order valence-electron chi connectivity index (χ0n) is 10.4. The number of aromatic hydroxyl groups is 2. The molecule has 1 rings (SSSR count). The average Bonchev–Trinajstić information content (AvgIpc) is 2.25. The van der Waals surface area contributed by atoms with E-state index in [0.717, 1.165) is 18.2 Å². The minimum absolute atomic E-state index is 0.0715. The lowest BCUT2D eigenvalue weighted by atomic mass is 10.1. The Morgan fingerprint density at radius 3 is 2.10 bits per heavy atom. The highest BCUT2D eigenvalue weighted by atomic mass is 19.3. The van der Waals surface area contributed by atoms with Crippen LogP contribution in [0.5, 0.6) is 11.5 Å². The molecular formula is C12H12F4O4. The zero-order chi connectivity index (χ0) is 15.6. The maximum Gasteiger partial charge on any atom is 0.338 e. The highest BCUT2D eigenvalue weighted by Gasteiger charge is 2.51. The van der Waals surface area contributed by atoms with Gasteiger partial charge in [-0.05, 0) is 12.1 Å². The number of carbonyl (C=O) groups is 1. The van der Waals surface area contributed by atoms with Crippen LogP contribution in [-0.4, -0.2) is 34.6 Å². The molecule has 0 bridgehead atoms. The van der Waals surface area contributed by atoms with Crippen molar-refractivity contribution in [3.8, 4) is 11.5 Å². The fraction of sp³-hybridized carbons (Fsp3) is 0.417. The molecule has 0 spiro atoms. The van der Waals surface area contributed by atoms with E-state index < -0.39 is 42.3 Å². The third kappa shape index (κ3) is 4.01. The summed E-state index contributed by atoms with van der Waals surface area (Å²) in [5.41, 5.74) is -0.283. The molecule has 0 atom stereocenters. The molecule has 0 fully saturated rings.